The lowest BCUT2D eigenvalue weighted by molar-refractivity contribution is -0.125. The Morgan fingerprint density at radius 2 is 2.06 bits per heavy atom. The van der Waals surface area contributed by atoms with Crippen molar-refractivity contribution < 1.29 is 17.6 Å². The number of carbonyl (C=O) groups is 1. The zero-order chi connectivity index (χ0) is 22.9. The Labute approximate surface area is 187 Å². The van der Waals surface area contributed by atoms with Crippen molar-refractivity contribution in [3.8, 4) is 0 Å². The van der Waals surface area contributed by atoms with E-state index in [4.69, 9.17) is 4.42 Å². The van der Waals surface area contributed by atoms with E-state index in [1.807, 2.05) is 6.92 Å². The summed E-state index contributed by atoms with van der Waals surface area (Å²) in [5.74, 6) is 1.39. The van der Waals surface area contributed by atoms with E-state index in [1.165, 1.54) is 43.8 Å². The number of fused-ring (bicyclic) bond motifs is 1. The molecule has 1 saturated carbocycles. The Morgan fingerprint density at radius 3 is 2.72 bits per heavy atom. The minimum Gasteiger partial charge on any atom is -0.459 e. The van der Waals surface area contributed by atoms with Gasteiger partial charge in [-0.1, -0.05) is 18.2 Å². The summed E-state index contributed by atoms with van der Waals surface area (Å²) in [5.41, 5.74) is 3.95. The van der Waals surface area contributed by atoms with Crippen molar-refractivity contribution in [2.75, 3.05) is 18.8 Å². The molecule has 9 heteroatoms. The van der Waals surface area contributed by atoms with Crippen molar-refractivity contribution in [1.82, 2.24) is 14.6 Å². The van der Waals surface area contributed by atoms with Crippen molar-refractivity contribution >= 4 is 39.0 Å². The standard InChI is InChI=1S/C23H26N4O4S/c1-15-18-5-4-6-19(17-9-10-17)23(18)31-20(15)14-27(3)22(28)12-8-16-7-11-21(25-13-16)26-32(29,30)24-2/h4-8,11-13,17,24H,9-10,14H2,1-3H3,(H,25,26)/b12-8+. The number of carbonyl (C=O) groups excluding carboxylic acids is 1. The molecule has 0 unspecified atom stereocenters. The molecule has 3 aromatic rings. The van der Waals surface area contributed by atoms with Crippen LogP contribution in [0, 0.1) is 6.92 Å². The van der Waals surface area contributed by atoms with Crippen molar-refractivity contribution in [3.05, 3.63) is 65.1 Å². The molecular weight excluding hydrogens is 428 g/mol. The van der Waals surface area contributed by atoms with Crippen LogP contribution < -0.4 is 9.44 Å². The fourth-order valence-corrected chi connectivity index (χ4v) is 4.02. The summed E-state index contributed by atoms with van der Waals surface area (Å²) in [6.45, 7) is 2.40. The molecule has 32 heavy (non-hydrogen) atoms. The molecular formula is C23H26N4O4S. The maximum absolute atomic E-state index is 12.6. The quantitative estimate of drug-likeness (QED) is 0.507. The molecule has 0 aliphatic heterocycles. The monoisotopic (exact) mass is 454 g/mol. The summed E-state index contributed by atoms with van der Waals surface area (Å²) in [6.07, 6.45) is 6.99. The number of hydrogen-bond acceptors (Lipinski definition) is 5. The Bertz CT molecular complexity index is 1280. The van der Waals surface area contributed by atoms with Gasteiger partial charge in [0.2, 0.25) is 5.91 Å². The van der Waals surface area contributed by atoms with Crippen LogP contribution in [0.1, 0.15) is 41.2 Å². The van der Waals surface area contributed by atoms with Crippen molar-refractivity contribution in [3.63, 3.8) is 0 Å². The molecule has 4 rings (SSSR count). The van der Waals surface area contributed by atoms with E-state index in [-0.39, 0.29) is 11.7 Å². The lowest BCUT2D eigenvalue weighted by atomic mass is 10.1. The van der Waals surface area contributed by atoms with Crippen LogP contribution in [0.5, 0.6) is 0 Å². The predicted octanol–water partition coefficient (Wildman–Crippen LogP) is 3.56. The number of likely N-dealkylation sites (N-methyl/N-ethyl adjacent to an activating group) is 1. The van der Waals surface area contributed by atoms with E-state index >= 15 is 0 Å². The molecule has 1 aliphatic carbocycles. The highest BCUT2D eigenvalue weighted by Gasteiger charge is 2.27. The lowest BCUT2D eigenvalue weighted by Gasteiger charge is -2.13. The number of amides is 1. The highest BCUT2D eigenvalue weighted by molar-refractivity contribution is 7.90. The van der Waals surface area contributed by atoms with Crippen LogP contribution in [0.3, 0.4) is 0 Å². The van der Waals surface area contributed by atoms with Gasteiger partial charge < -0.3 is 9.32 Å². The molecule has 168 valence electrons. The Balaban J connectivity index is 1.42. The van der Waals surface area contributed by atoms with Gasteiger partial charge in [-0.25, -0.2) is 9.71 Å². The normalized spacial score (nSPS) is 14.2. The third-order valence-corrected chi connectivity index (χ3v) is 6.59. The van der Waals surface area contributed by atoms with Gasteiger partial charge >= 0.3 is 0 Å². The number of benzene rings is 1. The number of nitrogens with one attached hydrogen (secondary N) is 2. The van der Waals surface area contributed by atoms with E-state index in [2.05, 4.69) is 32.6 Å². The fourth-order valence-electron chi connectivity index (χ4n) is 3.52. The number of aromatic nitrogens is 1. The second-order valence-corrected chi connectivity index (χ2v) is 9.58. The van der Waals surface area contributed by atoms with Crippen LogP contribution in [0.4, 0.5) is 5.82 Å². The van der Waals surface area contributed by atoms with Crippen LogP contribution in [0.15, 0.2) is 47.0 Å². The molecule has 2 aromatic heterocycles. The summed E-state index contributed by atoms with van der Waals surface area (Å²) in [6, 6.07) is 9.47. The van der Waals surface area contributed by atoms with E-state index < -0.39 is 10.2 Å². The number of furan rings is 1. The Hall–Kier alpha value is -3.17. The van der Waals surface area contributed by atoms with Gasteiger partial charge in [0.05, 0.1) is 6.54 Å². The average molecular weight is 455 g/mol. The number of aryl methyl sites for hydroxylation is 1. The third-order valence-electron chi connectivity index (χ3n) is 5.58. The van der Waals surface area contributed by atoms with Gasteiger partial charge in [0.15, 0.2) is 0 Å². The third kappa shape index (κ3) is 4.84. The van der Waals surface area contributed by atoms with Crippen molar-refractivity contribution in [1.29, 1.82) is 0 Å². The highest BCUT2D eigenvalue weighted by Crippen LogP contribution is 2.44. The SMILES string of the molecule is CNS(=O)(=O)Nc1ccc(/C=C/C(=O)N(C)Cc2oc3c(C4CC4)cccc3c2C)cn1. The molecule has 0 bridgehead atoms. The minimum atomic E-state index is -3.62. The average Bonchev–Trinajstić information content (AvgIpc) is 3.58. The van der Waals surface area contributed by atoms with E-state index in [1.54, 1.807) is 24.1 Å². The van der Waals surface area contributed by atoms with Crippen LogP contribution in [0.25, 0.3) is 17.0 Å². The van der Waals surface area contributed by atoms with Gasteiger partial charge in [-0.05, 0) is 55.0 Å². The largest absolute Gasteiger partial charge is 0.459 e. The zero-order valence-electron chi connectivity index (χ0n) is 18.3. The lowest BCUT2D eigenvalue weighted by Crippen LogP contribution is -2.26. The number of anilines is 1. The topological polar surface area (TPSA) is 105 Å². The van der Waals surface area contributed by atoms with E-state index in [9.17, 15) is 13.2 Å². The van der Waals surface area contributed by atoms with Crippen molar-refractivity contribution in [2.45, 2.75) is 32.2 Å². The molecule has 2 heterocycles. The maximum atomic E-state index is 12.6. The molecule has 8 nitrogen and oxygen atoms in total. The number of hydrogen-bond donors (Lipinski definition) is 2. The van der Waals surface area contributed by atoms with Gasteiger partial charge in [0, 0.05) is 37.3 Å². The van der Waals surface area contributed by atoms with Gasteiger partial charge in [-0.2, -0.15) is 8.42 Å². The second-order valence-electron chi connectivity index (χ2n) is 7.96. The molecule has 2 N–H and O–H groups in total. The molecule has 0 atom stereocenters. The number of nitrogens with zero attached hydrogens (tertiary/aromatic N) is 2. The smallest absolute Gasteiger partial charge is 0.300 e. The minimum absolute atomic E-state index is 0.174. The summed E-state index contributed by atoms with van der Waals surface area (Å²) in [5, 5.41) is 1.11. The predicted molar refractivity (Wildman–Crippen MR) is 124 cm³/mol. The Kier molecular flexibility index (Phi) is 6.03. The first-order valence-electron chi connectivity index (χ1n) is 10.4. The molecule has 0 radical (unpaired) electrons. The molecule has 1 aromatic carbocycles. The molecule has 1 aliphatic rings. The van der Waals surface area contributed by atoms with E-state index in [0.717, 1.165) is 22.3 Å². The molecule has 1 fully saturated rings. The van der Waals surface area contributed by atoms with Gasteiger partial charge in [0.25, 0.3) is 10.2 Å². The summed E-state index contributed by atoms with van der Waals surface area (Å²) in [7, 11) is -0.583. The first-order chi connectivity index (χ1) is 15.3. The maximum Gasteiger partial charge on any atom is 0.300 e. The zero-order valence-corrected chi connectivity index (χ0v) is 19.1. The number of pyridine rings is 1. The van der Waals surface area contributed by atoms with Crippen LogP contribution >= 0.6 is 0 Å². The fraction of sp³-hybridized carbons (Fsp3) is 0.304. The van der Waals surface area contributed by atoms with Crippen LogP contribution in [-0.4, -0.2) is 38.3 Å². The summed E-state index contributed by atoms with van der Waals surface area (Å²) >= 11 is 0. The summed E-state index contributed by atoms with van der Waals surface area (Å²) in [4.78, 5) is 18.2. The first-order valence-corrected chi connectivity index (χ1v) is 11.9. The van der Waals surface area contributed by atoms with Crippen LogP contribution in [0.2, 0.25) is 0 Å². The molecule has 1 amide bonds. The number of para-hydroxylation sites is 1. The number of rotatable bonds is 8. The van der Waals surface area contributed by atoms with Gasteiger partial charge in [-0.3, -0.25) is 9.52 Å². The molecule has 0 spiro atoms. The van der Waals surface area contributed by atoms with Gasteiger partial charge in [0.1, 0.15) is 17.2 Å². The summed E-state index contributed by atoms with van der Waals surface area (Å²) < 4.78 is 33.6. The first kappa shape index (κ1) is 22.0. The van der Waals surface area contributed by atoms with Crippen molar-refractivity contribution in [2.24, 2.45) is 0 Å². The Morgan fingerprint density at radius 1 is 1.28 bits per heavy atom. The second kappa shape index (κ2) is 8.76. The highest BCUT2D eigenvalue weighted by atomic mass is 32.2. The van der Waals surface area contributed by atoms with Crippen LogP contribution in [-0.2, 0) is 21.5 Å². The molecule has 0 saturated heterocycles. The van der Waals surface area contributed by atoms with Gasteiger partial charge in [-0.15, -0.1) is 0 Å². The van der Waals surface area contributed by atoms with E-state index in [0.29, 0.717) is 18.0 Å².